The number of hydrogen-bond acceptors (Lipinski definition) is 2. The van der Waals surface area contributed by atoms with Gasteiger partial charge in [-0.1, -0.05) is 24.6 Å². The van der Waals surface area contributed by atoms with Gasteiger partial charge < -0.3 is 10.2 Å². The number of nitrogens with one attached hydrogen (secondary N) is 1. The molecular formula is C21H23ClN2O2. The molecule has 0 atom stereocenters. The molecule has 2 amide bonds. The van der Waals surface area contributed by atoms with Crippen LogP contribution in [0.15, 0.2) is 42.5 Å². The molecule has 26 heavy (non-hydrogen) atoms. The van der Waals surface area contributed by atoms with Crippen molar-refractivity contribution in [2.45, 2.75) is 26.7 Å². The van der Waals surface area contributed by atoms with Crippen molar-refractivity contribution >= 4 is 29.1 Å². The van der Waals surface area contributed by atoms with Gasteiger partial charge >= 0.3 is 0 Å². The predicted molar refractivity (Wildman–Crippen MR) is 105 cm³/mol. The fraction of sp³-hybridized carbons (Fsp3) is 0.333. The van der Waals surface area contributed by atoms with E-state index in [-0.39, 0.29) is 11.8 Å². The Bertz CT molecular complexity index is 809. The smallest absolute Gasteiger partial charge is 0.255 e. The number of carbonyl (C=O) groups excluding carboxylic acids is 2. The molecule has 1 fully saturated rings. The second kappa shape index (κ2) is 7.92. The van der Waals surface area contributed by atoms with Gasteiger partial charge in [0.15, 0.2) is 0 Å². The molecule has 1 saturated heterocycles. The molecule has 0 aromatic heterocycles. The lowest BCUT2D eigenvalue weighted by Gasteiger charge is -2.30. The Morgan fingerprint density at radius 2 is 1.65 bits per heavy atom. The summed E-state index contributed by atoms with van der Waals surface area (Å²) in [6.45, 7) is 5.73. The number of benzene rings is 2. The topological polar surface area (TPSA) is 49.4 Å². The van der Waals surface area contributed by atoms with Crippen molar-refractivity contribution in [1.29, 1.82) is 0 Å². The molecule has 0 spiro atoms. The van der Waals surface area contributed by atoms with Crippen LogP contribution in [-0.2, 0) is 0 Å². The third-order valence-electron chi connectivity index (χ3n) is 4.89. The number of hydrogen-bond donors (Lipinski definition) is 1. The standard InChI is InChI=1S/C21H23ClN2O2/c1-14-9-11-24(12-10-14)21(26)17-6-4-16(5-7-17)20(25)23-18-8-3-15(2)19(22)13-18/h3-8,13-14H,9-12H2,1-2H3,(H,23,25). The van der Waals surface area contributed by atoms with E-state index in [0.717, 1.165) is 31.5 Å². The van der Waals surface area contributed by atoms with Crippen LogP contribution in [0.4, 0.5) is 5.69 Å². The minimum absolute atomic E-state index is 0.0363. The number of nitrogens with zero attached hydrogens (tertiary/aromatic N) is 1. The molecule has 0 bridgehead atoms. The van der Waals surface area contributed by atoms with E-state index in [1.165, 1.54) is 0 Å². The fourth-order valence-corrected chi connectivity index (χ4v) is 3.21. The number of aryl methyl sites for hydroxylation is 1. The molecule has 2 aromatic rings. The molecule has 0 aliphatic carbocycles. The van der Waals surface area contributed by atoms with Crippen LogP contribution in [0.3, 0.4) is 0 Å². The van der Waals surface area contributed by atoms with E-state index in [1.807, 2.05) is 24.0 Å². The molecule has 136 valence electrons. The number of halogens is 1. The van der Waals surface area contributed by atoms with Gasteiger partial charge in [0.2, 0.25) is 0 Å². The largest absolute Gasteiger partial charge is 0.339 e. The summed E-state index contributed by atoms with van der Waals surface area (Å²) in [5.41, 5.74) is 2.73. The number of likely N-dealkylation sites (tertiary alicyclic amines) is 1. The number of anilines is 1. The number of carbonyl (C=O) groups is 2. The molecule has 3 rings (SSSR count). The molecular weight excluding hydrogens is 348 g/mol. The van der Waals surface area contributed by atoms with Gasteiger partial charge in [0.1, 0.15) is 0 Å². The third kappa shape index (κ3) is 4.25. The Morgan fingerprint density at radius 3 is 2.27 bits per heavy atom. The molecule has 4 nitrogen and oxygen atoms in total. The van der Waals surface area contributed by atoms with Gasteiger partial charge in [-0.3, -0.25) is 9.59 Å². The minimum atomic E-state index is -0.226. The maximum Gasteiger partial charge on any atom is 0.255 e. The first-order valence-electron chi connectivity index (χ1n) is 8.91. The van der Waals surface area contributed by atoms with Crippen LogP contribution in [0.5, 0.6) is 0 Å². The zero-order valence-electron chi connectivity index (χ0n) is 15.1. The molecule has 5 heteroatoms. The second-order valence-corrected chi connectivity index (χ2v) is 7.38. The Kier molecular flexibility index (Phi) is 5.62. The molecule has 2 aromatic carbocycles. The highest BCUT2D eigenvalue weighted by atomic mass is 35.5. The van der Waals surface area contributed by atoms with Gasteiger partial charge in [-0.05, 0) is 67.6 Å². The fourth-order valence-electron chi connectivity index (χ4n) is 3.03. The van der Waals surface area contributed by atoms with Crippen LogP contribution in [0.2, 0.25) is 5.02 Å². The summed E-state index contributed by atoms with van der Waals surface area (Å²) in [5, 5.41) is 3.44. The van der Waals surface area contributed by atoms with E-state index in [1.54, 1.807) is 30.3 Å². The van der Waals surface area contributed by atoms with Crippen LogP contribution in [0.25, 0.3) is 0 Å². The Labute approximate surface area is 159 Å². The van der Waals surface area contributed by atoms with Crippen molar-refractivity contribution in [2.24, 2.45) is 5.92 Å². The zero-order valence-corrected chi connectivity index (χ0v) is 15.8. The monoisotopic (exact) mass is 370 g/mol. The van der Waals surface area contributed by atoms with Crippen LogP contribution in [-0.4, -0.2) is 29.8 Å². The summed E-state index contributed by atoms with van der Waals surface area (Å²) in [4.78, 5) is 26.8. The van der Waals surface area contributed by atoms with Gasteiger partial charge in [-0.2, -0.15) is 0 Å². The highest BCUT2D eigenvalue weighted by Gasteiger charge is 2.21. The van der Waals surface area contributed by atoms with E-state index in [4.69, 9.17) is 11.6 Å². The van der Waals surface area contributed by atoms with Crippen molar-refractivity contribution in [2.75, 3.05) is 18.4 Å². The second-order valence-electron chi connectivity index (χ2n) is 6.97. The van der Waals surface area contributed by atoms with Crippen LogP contribution >= 0.6 is 11.6 Å². The van der Waals surface area contributed by atoms with Gasteiger partial charge in [0, 0.05) is 34.9 Å². The molecule has 0 saturated carbocycles. The summed E-state index contributed by atoms with van der Waals surface area (Å²) in [6.07, 6.45) is 2.09. The lowest BCUT2D eigenvalue weighted by atomic mass is 9.98. The van der Waals surface area contributed by atoms with E-state index < -0.39 is 0 Å². The summed E-state index contributed by atoms with van der Waals surface area (Å²) >= 11 is 6.09. The molecule has 0 radical (unpaired) electrons. The predicted octanol–water partition coefficient (Wildman–Crippen LogP) is 4.77. The van der Waals surface area contributed by atoms with Crippen LogP contribution < -0.4 is 5.32 Å². The van der Waals surface area contributed by atoms with E-state index >= 15 is 0 Å². The lowest BCUT2D eigenvalue weighted by Crippen LogP contribution is -2.37. The third-order valence-corrected chi connectivity index (χ3v) is 5.30. The Hall–Kier alpha value is -2.33. The van der Waals surface area contributed by atoms with E-state index in [2.05, 4.69) is 12.2 Å². The average Bonchev–Trinajstić information content (AvgIpc) is 2.65. The first-order chi connectivity index (χ1) is 12.4. The van der Waals surface area contributed by atoms with Crippen molar-refractivity contribution in [3.05, 3.63) is 64.2 Å². The van der Waals surface area contributed by atoms with Crippen LogP contribution in [0.1, 0.15) is 46.0 Å². The maximum absolute atomic E-state index is 12.6. The van der Waals surface area contributed by atoms with Crippen molar-refractivity contribution in [3.63, 3.8) is 0 Å². The van der Waals surface area contributed by atoms with E-state index in [0.29, 0.717) is 27.8 Å². The molecule has 1 N–H and O–H groups in total. The number of amides is 2. The molecule has 1 heterocycles. The maximum atomic E-state index is 12.6. The molecule has 1 aliphatic heterocycles. The minimum Gasteiger partial charge on any atom is -0.339 e. The van der Waals surface area contributed by atoms with E-state index in [9.17, 15) is 9.59 Å². The summed E-state index contributed by atoms with van der Waals surface area (Å²) < 4.78 is 0. The highest BCUT2D eigenvalue weighted by molar-refractivity contribution is 6.31. The SMILES string of the molecule is Cc1ccc(NC(=O)c2ccc(C(=O)N3CCC(C)CC3)cc2)cc1Cl. The number of piperidine rings is 1. The highest BCUT2D eigenvalue weighted by Crippen LogP contribution is 2.21. The summed E-state index contributed by atoms with van der Waals surface area (Å²) in [7, 11) is 0. The molecule has 1 aliphatic rings. The van der Waals surface area contributed by atoms with Crippen molar-refractivity contribution < 1.29 is 9.59 Å². The molecule has 0 unspecified atom stereocenters. The average molecular weight is 371 g/mol. The van der Waals surface area contributed by atoms with Gasteiger partial charge in [-0.15, -0.1) is 0 Å². The van der Waals surface area contributed by atoms with Gasteiger partial charge in [0.05, 0.1) is 0 Å². The lowest BCUT2D eigenvalue weighted by molar-refractivity contribution is 0.0697. The van der Waals surface area contributed by atoms with Crippen molar-refractivity contribution in [3.8, 4) is 0 Å². The van der Waals surface area contributed by atoms with Crippen molar-refractivity contribution in [1.82, 2.24) is 4.90 Å². The summed E-state index contributed by atoms with van der Waals surface area (Å²) in [6, 6.07) is 12.2. The van der Waals surface area contributed by atoms with Gasteiger partial charge in [-0.25, -0.2) is 0 Å². The first-order valence-corrected chi connectivity index (χ1v) is 9.28. The summed E-state index contributed by atoms with van der Waals surface area (Å²) in [5.74, 6) is 0.491. The zero-order chi connectivity index (χ0) is 18.7. The normalized spacial score (nSPS) is 15.0. The Balaban J connectivity index is 1.65. The Morgan fingerprint density at radius 1 is 1.04 bits per heavy atom. The van der Waals surface area contributed by atoms with Crippen LogP contribution in [0, 0.1) is 12.8 Å². The quantitative estimate of drug-likeness (QED) is 0.845. The van der Waals surface area contributed by atoms with Gasteiger partial charge in [0.25, 0.3) is 11.8 Å². The number of rotatable bonds is 3. The first kappa shape index (κ1) is 18.5.